The molecule has 1 rings (SSSR count). The molecule has 0 aliphatic carbocycles. The summed E-state index contributed by atoms with van der Waals surface area (Å²) in [4.78, 5) is 13.8. The van der Waals surface area contributed by atoms with Gasteiger partial charge < -0.3 is 14.4 Å². The van der Waals surface area contributed by atoms with E-state index in [-0.39, 0.29) is 5.78 Å². The first-order valence-corrected chi connectivity index (χ1v) is 5.20. The zero-order chi connectivity index (χ0) is 12.8. The summed E-state index contributed by atoms with van der Waals surface area (Å²) in [6.07, 6.45) is 3.18. The van der Waals surface area contributed by atoms with Crippen LogP contribution in [0.5, 0.6) is 11.5 Å². The third-order valence-electron chi connectivity index (χ3n) is 2.20. The van der Waals surface area contributed by atoms with E-state index in [9.17, 15) is 4.79 Å². The van der Waals surface area contributed by atoms with Crippen molar-refractivity contribution >= 4 is 5.78 Å². The Labute approximate surface area is 101 Å². The van der Waals surface area contributed by atoms with Crippen molar-refractivity contribution in [3.05, 3.63) is 36.0 Å². The van der Waals surface area contributed by atoms with E-state index in [4.69, 9.17) is 9.47 Å². The molecule has 0 atom stereocenters. The molecule has 92 valence electrons. The van der Waals surface area contributed by atoms with E-state index in [0.29, 0.717) is 17.1 Å². The molecule has 0 aliphatic rings. The molecular weight excluding hydrogens is 218 g/mol. The molecule has 0 spiro atoms. The molecule has 0 aromatic heterocycles. The largest absolute Gasteiger partial charge is 0.496 e. The SMILES string of the molecule is COc1cccc(OC)c1C(=O)C=CN(C)C. The summed E-state index contributed by atoms with van der Waals surface area (Å²) in [6.45, 7) is 0. The molecule has 1 aromatic carbocycles. The third kappa shape index (κ3) is 3.24. The number of hydrogen-bond acceptors (Lipinski definition) is 4. The quantitative estimate of drug-likeness (QED) is 0.577. The Hall–Kier alpha value is -1.97. The zero-order valence-corrected chi connectivity index (χ0v) is 10.6. The Morgan fingerprint density at radius 1 is 1.18 bits per heavy atom. The molecule has 4 heteroatoms. The lowest BCUT2D eigenvalue weighted by atomic mass is 10.1. The fourth-order valence-corrected chi connectivity index (χ4v) is 1.39. The van der Waals surface area contributed by atoms with Gasteiger partial charge >= 0.3 is 0 Å². The molecule has 0 saturated carbocycles. The molecule has 0 bridgehead atoms. The van der Waals surface area contributed by atoms with Crippen LogP contribution < -0.4 is 9.47 Å². The molecular formula is C13H17NO3. The van der Waals surface area contributed by atoms with E-state index < -0.39 is 0 Å². The van der Waals surface area contributed by atoms with Gasteiger partial charge in [0.25, 0.3) is 0 Å². The molecule has 0 N–H and O–H groups in total. The summed E-state index contributed by atoms with van der Waals surface area (Å²) in [5.41, 5.74) is 0.440. The average molecular weight is 235 g/mol. The molecule has 0 radical (unpaired) electrons. The molecule has 0 saturated heterocycles. The molecule has 17 heavy (non-hydrogen) atoms. The fraction of sp³-hybridized carbons (Fsp3) is 0.308. The molecule has 0 fully saturated rings. The zero-order valence-electron chi connectivity index (χ0n) is 10.6. The highest BCUT2D eigenvalue weighted by Gasteiger charge is 2.15. The fourth-order valence-electron chi connectivity index (χ4n) is 1.39. The maximum absolute atomic E-state index is 12.0. The molecule has 0 amide bonds. The normalized spacial score (nSPS) is 10.4. The minimum Gasteiger partial charge on any atom is -0.496 e. The number of rotatable bonds is 5. The monoisotopic (exact) mass is 235 g/mol. The third-order valence-corrected chi connectivity index (χ3v) is 2.20. The maximum atomic E-state index is 12.0. The number of allylic oxidation sites excluding steroid dienone is 1. The number of nitrogens with zero attached hydrogens (tertiary/aromatic N) is 1. The van der Waals surface area contributed by atoms with Gasteiger partial charge in [0.05, 0.1) is 14.2 Å². The van der Waals surface area contributed by atoms with Crippen LogP contribution in [0.1, 0.15) is 10.4 Å². The lowest BCUT2D eigenvalue weighted by molar-refractivity contribution is 0.104. The van der Waals surface area contributed by atoms with Crippen molar-refractivity contribution in [2.75, 3.05) is 28.3 Å². The van der Waals surface area contributed by atoms with Crippen molar-refractivity contribution in [3.63, 3.8) is 0 Å². The van der Waals surface area contributed by atoms with Gasteiger partial charge in [-0.05, 0) is 12.1 Å². The first-order chi connectivity index (χ1) is 8.10. The summed E-state index contributed by atoms with van der Waals surface area (Å²) in [5, 5.41) is 0. The summed E-state index contributed by atoms with van der Waals surface area (Å²) in [6, 6.07) is 5.25. The van der Waals surface area contributed by atoms with Gasteiger partial charge in [0.2, 0.25) is 0 Å². The summed E-state index contributed by atoms with van der Waals surface area (Å²) in [5.74, 6) is 0.878. The second-order valence-corrected chi connectivity index (χ2v) is 3.68. The van der Waals surface area contributed by atoms with Crippen molar-refractivity contribution in [2.24, 2.45) is 0 Å². The first-order valence-electron chi connectivity index (χ1n) is 5.20. The van der Waals surface area contributed by atoms with E-state index in [2.05, 4.69) is 0 Å². The molecule has 4 nitrogen and oxygen atoms in total. The van der Waals surface area contributed by atoms with Crippen molar-refractivity contribution in [1.29, 1.82) is 0 Å². The molecule has 0 aliphatic heterocycles. The summed E-state index contributed by atoms with van der Waals surface area (Å²) < 4.78 is 10.3. The lowest BCUT2D eigenvalue weighted by Gasteiger charge is -2.10. The Morgan fingerprint density at radius 3 is 2.12 bits per heavy atom. The number of carbonyl (C=O) groups excluding carboxylic acids is 1. The van der Waals surface area contributed by atoms with Crippen LogP contribution in [0.2, 0.25) is 0 Å². The molecule has 0 heterocycles. The van der Waals surface area contributed by atoms with Gasteiger partial charge in [-0.15, -0.1) is 0 Å². The van der Waals surface area contributed by atoms with Crippen LogP contribution in [0.15, 0.2) is 30.5 Å². The summed E-state index contributed by atoms with van der Waals surface area (Å²) in [7, 11) is 6.76. The highest BCUT2D eigenvalue weighted by Crippen LogP contribution is 2.28. The van der Waals surface area contributed by atoms with Gasteiger partial charge in [-0.25, -0.2) is 0 Å². The van der Waals surface area contributed by atoms with Crippen LogP contribution in [0, 0.1) is 0 Å². The number of carbonyl (C=O) groups is 1. The number of ether oxygens (including phenoxy) is 2. The van der Waals surface area contributed by atoms with Gasteiger partial charge in [0, 0.05) is 26.4 Å². The highest BCUT2D eigenvalue weighted by atomic mass is 16.5. The number of methoxy groups -OCH3 is 2. The van der Waals surface area contributed by atoms with Crippen molar-refractivity contribution < 1.29 is 14.3 Å². The summed E-state index contributed by atoms with van der Waals surface area (Å²) >= 11 is 0. The van der Waals surface area contributed by atoms with Gasteiger partial charge in [-0.1, -0.05) is 6.07 Å². The van der Waals surface area contributed by atoms with Crippen LogP contribution >= 0.6 is 0 Å². The van der Waals surface area contributed by atoms with Gasteiger partial charge in [0.15, 0.2) is 5.78 Å². The highest BCUT2D eigenvalue weighted by molar-refractivity contribution is 6.08. The second kappa shape index (κ2) is 5.94. The number of hydrogen-bond donors (Lipinski definition) is 0. The van der Waals surface area contributed by atoms with Crippen molar-refractivity contribution in [2.45, 2.75) is 0 Å². The number of benzene rings is 1. The van der Waals surface area contributed by atoms with Gasteiger partial charge in [-0.3, -0.25) is 4.79 Å². The van der Waals surface area contributed by atoms with E-state index in [1.165, 1.54) is 20.3 Å². The number of ketones is 1. The Bertz CT molecular complexity index is 402. The van der Waals surface area contributed by atoms with Crippen LogP contribution in [-0.4, -0.2) is 39.0 Å². The minimum absolute atomic E-state index is 0.145. The topological polar surface area (TPSA) is 38.8 Å². The van der Waals surface area contributed by atoms with Crippen LogP contribution in [0.4, 0.5) is 0 Å². The van der Waals surface area contributed by atoms with E-state index in [0.717, 1.165) is 0 Å². The first kappa shape index (κ1) is 13.1. The second-order valence-electron chi connectivity index (χ2n) is 3.68. The molecule has 1 aromatic rings. The van der Waals surface area contributed by atoms with Crippen LogP contribution in [0.3, 0.4) is 0 Å². The van der Waals surface area contributed by atoms with Crippen LogP contribution in [-0.2, 0) is 0 Å². The Morgan fingerprint density at radius 2 is 1.71 bits per heavy atom. The Kier molecular flexibility index (Phi) is 4.57. The van der Waals surface area contributed by atoms with E-state index >= 15 is 0 Å². The van der Waals surface area contributed by atoms with Gasteiger partial charge in [-0.2, -0.15) is 0 Å². The average Bonchev–Trinajstić information content (AvgIpc) is 2.34. The van der Waals surface area contributed by atoms with E-state index in [1.54, 1.807) is 29.3 Å². The molecule has 0 unspecified atom stereocenters. The maximum Gasteiger partial charge on any atom is 0.194 e. The van der Waals surface area contributed by atoms with Crippen molar-refractivity contribution in [1.82, 2.24) is 4.90 Å². The van der Waals surface area contributed by atoms with Crippen LogP contribution in [0.25, 0.3) is 0 Å². The standard InChI is InChI=1S/C13H17NO3/c1-14(2)9-8-10(15)13-11(16-3)6-5-7-12(13)17-4/h5-9H,1-4H3. The predicted molar refractivity (Wildman–Crippen MR) is 66.7 cm³/mol. The predicted octanol–water partition coefficient (Wildman–Crippen LogP) is 1.96. The van der Waals surface area contributed by atoms with Gasteiger partial charge in [0.1, 0.15) is 17.1 Å². The van der Waals surface area contributed by atoms with E-state index in [1.807, 2.05) is 14.1 Å². The smallest absolute Gasteiger partial charge is 0.194 e. The lowest BCUT2D eigenvalue weighted by Crippen LogP contribution is -2.05. The van der Waals surface area contributed by atoms with Crippen molar-refractivity contribution in [3.8, 4) is 11.5 Å². The minimum atomic E-state index is -0.145. The Balaban J connectivity index is 3.14.